The molecule has 1 aliphatic rings. The lowest BCUT2D eigenvalue weighted by atomic mass is 10.0. The van der Waals surface area contributed by atoms with Crippen molar-refractivity contribution >= 4 is 33.9 Å². The molecule has 0 aliphatic carbocycles. The zero-order chi connectivity index (χ0) is 15.0. The fraction of sp³-hybridized carbons (Fsp3) is 0.412. The van der Waals surface area contributed by atoms with E-state index in [1.54, 1.807) is 0 Å². The van der Waals surface area contributed by atoms with E-state index < -0.39 is 0 Å². The Morgan fingerprint density at radius 3 is 2.86 bits per heavy atom. The smallest absolute Gasteiger partial charge is 0.130 e. The first-order valence-electron chi connectivity index (χ1n) is 7.54. The van der Waals surface area contributed by atoms with E-state index in [2.05, 4.69) is 24.8 Å². The molecule has 3 rings (SSSR count). The van der Waals surface area contributed by atoms with Gasteiger partial charge in [-0.05, 0) is 30.9 Å². The largest absolute Gasteiger partial charge is 0.389 e. The second kappa shape index (κ2) is 5.60. The monoisotopic (exact) mass is 299 g/mol. The maximum Gasteiger partial charge on any atom is 0.130 e. The Morgan fingerprint density at radius 1 is 1.38 bits per heavy atom. The predicted molar refractivity (Wildman–Crippen MR) is 92.8 cm³/mol. The van der Waals surface area contributed by atoms with Crippen molar-refractivity contribution in [3.8, 4) is 0 Å². The predicted octanol–water partition coefficient (Wildman–Crippen LogP) is 3.49. The number of nitrogens with two attached hydrogens (primary N) is 1. The van der Waals surface area contributed by atoms with Gasteiger partial charge in [-0.15, -0.1) is 0 Å². The number of anilines is 1. The van der Waals surface area contributed by atoms with E-state index in [0.717, 1.165) is 28.8 Å². The Balaban J connectivity index is 2.13. The summed E-state index contributed by atoms with van der Waals surface area (Å²) in [7, 11) is 0. The topological polar surface area (TPSA) is 42.1 Å². The molecule has 1 aliphatic heterocycles. The van der Waals surface area contributed by atoms with Crippen LogP contribution in [-0.2, 0) is 0 Å². The van der Waals surface area contributed by atoms with Gasteiger partial charge in [0.2, 0.25) is 0 Å². The fourth-order valence-electron chi connectivity index (χ4n) is 3.28. The van der Waals surface area contributed by atoms with Gasteiger partial charge in [0.15, 0.2) is 0 Å². The molecular formula is C17H21N3S. The van der Waals surface area contributed by atoms with Crippen molar-refractivity contribution in [2.45, 2.75) is 32.7 Å². The number of aromatic nitrogens is 1. The van der Waals surface area contributed by atoms with Gasteiger partial charge in [0, 0.05) is 23.5 Å². The molecule has 1 saturated heterocycles. The highest BCUT2D eigenvalue weighted by Gasteiger charge is 2.28. The van der Waals surface area contributed by atoms with Gasteiger partial charge >= 0.3 is 0 Å². The molecule has 0 amide bonds. The van der Waals surface area contributed by atoms with E-state index in [4.69, 9.17) is 22.9 Å². The minimum absolute atomic E-state index is 0.440. The van der Waals surface area contributed by atoms with Crippen LogP contribution in [0.2, 0.25) is 0 Å². The number of fused-ring (bicyclic) bond motifs is 1. The lowest BCUT2D eigenvalue weighted by Gasteiger charge is -2.29. The molecule has 0 radical (unpaired) electrons. The molecule has 2 aromatic rings. The van der Waals surface area contributed by atoms with Crippen molar-refractivity contribution in [1.29, 1.82) is 0 Å². The van der Waals surface area contributed by atoms with Gasteiger partial charge in [0.1, 0.15) is 10.8 Å². The maximum absolute atomic E-state index is 5.93. The summed E-state index contributed by atoms with van der Waals surface area (Å²) in [5.74, 6) is 1.63. The average molecular weight is 299 g/mol. The lowest BCUT2D eigenvalue weighted by molar-refractivity contribution is 0.490. The summed E-state index contributed by atoms with van der Waals surface area (Å²) in [5, 5.41) is 1.04. The maximum atomic E-state index is 5.93. The summed E-state index contributed by atoms with van der Waals surface area (Å²) in [6, 6.07) is 10.7. The normalized spacial score (nSPS) is 18.6. The minimum atomic E-state index is 0.440. The second-order valence-corrected chi connectivity index (χ2v) is 6.50. The van der Waals surface area contributed by atoms with E-state index in [1.165, 1.54) is 12.8 Å². The van der Waals surface area contributed by atoms with Crippen LogP contribution < -0.4 is 10.6 Å². The molecule has 1 aromatic heterocycles. The third-order valence-corrected chi connectivity index (χ3v) is 4.55. The van der Waals surface area contributed by atoms with Crippen molar-refractivity contribution in [2.24, 2.45) is 11.7 Å². The van der Waals surface area contributed by atoms with Gasteiger partial charge in [-0.2, -0.15) is 0 Å². The van der Waals surface area contributed by atoms with Crippen molar-refractivity contribution in [1.82, 2.24) is 4.98 Å². The highest BCUT2D eigenvalue weighted by atomic mass is 32.1. The number of hydrogen-bond donors (Lipinski definition) is 1. The Bertz CT molecular complexity index is 681. The molecule has 2 heterocycles. The van der Waals surface area contributed by atoms with Gasteiger partial charge in [0.25, 0.3) is 0 Å². The van der Waals surface area contributed by atoms with Crippen molar-refractivity contribution in [2.75, 3.05) is 11.4 Å². The van der Waals surface area contributed by atoms with Crippen LogP contribution in [0.4, 0.5) is 5.82 Å². The summed E-state index contributed by atoms with van der Waals surface area (Å²) in [6.07, 6.45) is 2.45. The summed E-state index contributed by atoms with van der Waals surface area (Å²) >= 11 is 5.24. The number of hydrogen-bond acceptors (Lipinski definition) is 3. The standard InChI is InChI=1S/C17H21N3S/c1-11(2)15-8-5-9-20(15)16-10-13(17(18)21)12-6-3-4-7-14(12)19-16/h3-4,6-7,10-11,15H,5,8-9H2,1-2H3,(H2,18,21). The molecular weight excluding hydrogens is 278 g/mol. The number of thiocarbonyl (C=S) groups is 1. The third kappa shape index (κ3) is 2.60. The van der Waals surface area contributed by atoms with Crippen LogP contribution in [-0.4, -0.2) is 22.6 Å². The molecule has 1 atom stereocenters. The fourth-order valence-corrected chi connectivity index (χ4v) is 3.45. The number of para-hydroxylation sites is 1. The Kier molecular flexibility index (Phi) is 3.81. The molecule has 4 heteroatoms. The van der Waals surface area contributed by atoms with Crippen LogP contribution in [0.5, 0.6) is 0 Å². The highest BCUT2D eigenvalue weighted by molar-refractivity contribution is 7.80. The van der Waals surface area contributed by atoms with Gasteiger partial charge < -0.3 is 10.6 Å². The van der Waals surface area contributed by atoms with Crippen molar-refractivity contribution in [3.63, 3.8) is 0 Å². The molecule has 1 aromatic carbocycles. The van der Waals surface area contributed by atoms with Crippen LogP contribution >= 0.6 is 12.2 Å². The molecule has 2 N–H and O–H groups in total. The van der Waals surface area contributed by atoms with Crippen LogP contribution in [0.1, 0.15) is 32.3 Å². The van der Waals surface area contributed by atoms with E-state index in [0.29, 0.717) is 16.9 Å². The first-order valence-corrected chi connectivity index (χ1v) is 7.95. The van der Waals surface area contributed by atoms with Gasteiger partial charge in [-0.1, -0.05) is 44.3 Å². The molecule has 3 nitrogen and oxygen atoms in total. The van der Waals surface area contributed by atoms with E-state index >= 15 is 0 Å². The lowest BCUT2D eigenvalue weighted by Crippen LogP contribution is -2.34. The van der Waals surface area contributed by atoms with E-state index in [-0.39, 0.29) is 0 Å². The van der Waals surface area contributed by atoms with Crippen molar-refractivity contribution in [3.05, 3.63) is 35.9 Å². The Labute approximate surface area is 131 Å². The van der Waals surface area contributed by atoms with E-state index in [9.17, 15) is 0 Å². The van der Waals surface area contributed by atoms with Gasteiger partial charge in [0.05, 0.1) is 5.52 Å². The summed E-state index contributed by atoms with van der Waals surface area (Å²) in [6.45, 7) is 5.61. The first kappa shape index (κ1) is 14.3. The number of nitrogens with zero attached hydrogens (tertiary/aromatic N) is 2. The number of pyridine rings is 1. The summed E-state index contributed by atoms with van der Waals surface area (Å²) in [4.78, 5) is 7.70. The molecule has 110 valence electrons. The Hall–Kier alpha value is -1.68. The first-order chi connectivity index (χ1) is 10.1. The highest BCUT2D eigenvalue weighted by Crippen LogP contribution is 2.31. The van der Waals surface area contributed by atoms with Crippen LogP contribution in [0.3, 0.4) is 0 Å². The molecule has 1 fully saturated rings. The second-order valence-electron chi connectivity index (χ2n) is 6.06. The molecule has 0 spiro atoms. The van der Waals surface area contributed by atoms with E-state index in [1.807, 2.05) is 24.3 Å². The minimum Gasteiger partial charge on any atom is -0.389 e. The van der Waals surface area contributed by atoms with Crippen LogP contribution in [0, 0.1) is 5.92 Å². The third-order valence-electron chi connectivity index (χ3n) is 4.33. The zero-order valence-corrected chi connectivity index (χ0v) is 13.4. The number of rotatable bonds is 3. The number of benzene rings is 1. The zero-order valence-electron chi connectivity index (χ0n) is 12.5. The molecule has 0 saturated carbocycles. The average Bonchev–Trinajstić information content (AvgIpc) is 2.95. The summed E-state index contributed by atoms with van der Waals surface area (Å²) in [5.41, 5.74) is 7.82. The van der Waals surface area contributed by atoms with Gasteiger partial charge in [-0.25, -0.2) is 4.98 Å². The molecule has 21 heavy (non-hydrogen) atoms. The Morgan fingerprint density at radius 2 is 2.14 bits per heavy atom. The summed E-state index contributed by atoms with van der Waals surface area (Å²) < 4.78 is 0. The SMILES string of the molecule is CC(C)C1CCCN1c1cc(C(N)=S)c2ccccc2n1. The van der Waals surface area contributed by atoms with Crippen LogP contribution in [0.15, 0.2) is 30.3 Å². The molecule has 0 bridgehead atoms. The van der Waals surface area contributed by atoms with Crippen molar-refractivity contribution < 1.29 is 0 Å². The molecule has 1 unspecified atom stereocenters. The quantitative estimate of drug-likeness (QED) is 0.881. The van der Waals surface area contributed by atoms with Crippen LogP contribution in [0.25, 0.3) is 10.9 Å². The van der Waals surface area contributed by atoms with Gasteiger partial charge in [-0.3, -0.25) is 0 Å².